The maximum absolute atomic E-state index is 12.2. The van der Waals surface area contributed by atoms with Gasteiger partial charge in [-0.15, -0.1) is 0 Å². The lowest BCUT2D eigenvalue weighted by Gasteiger charge is -2.39. The molecule has 0 aromatic carbocycles. The molecular formula is C16H29N3O. The number of primary amides is 1. The maximum Gasteiger partial charge on any atom is 0.239 e. The molecule has 3 N–H and O–H groups in total. The van der Waals surface area contributed by atoms with E-state index in [9.17, 15) is 4.79 Å². The van der Waals surface area contributed by atoms with Gasteiger partial charge in [0.25, 0.3) is 0 Å². The summed E-state index contributed by atoms with van der Waals surface area (Å²) in [6.45, 7) is 4.89. The Morgan fingerprint density at radius 3 is 2.65 bits per heavy atom. The van der Waals surface area contributed by atoms with Gasteiger partial charge in [-0.25, -0.2) is 0 Å². The third-order valence-electron chi connectivity index (χ3n) is 5.78. The molecule has 3 aliphatic rings. The molecule has 20 heavy (non-hydrogen) atoms. The second kappa shape index (κ2) is 5.64. The van der Waals surface area contributed by atoms with Crippen molar-refractivity contribution < 1.29 is 4.79 Å². The topological polar surface area (TPSA) is 58.4 Å². The van der Waals surface area contributed by atoms with Gasteiger partial charge in [-0.3, -0.25) is 9.69 Å². The zero-order valence-corrected chi connectivity index (χ0v) is 12.7. The van der Waals surface area contributed by atoms with Crippen molar-refractivity contribution in [3.63, 3.8) is 0 Å². The van der Waals surface area contributed by atoms with Crippen LogP contribution in [0.4, 0.5) is 0 Å². The monoisotopic (exact) mass is 279 g/mol. The standard InChI is InChI=1S/C16H29N3O/c1-2-18-16(15(17)20,13-7-8-13)11-19-10-9-12-5-3-4-6-14(12)19/h12-14,18H,2-11H2,1H3,(H2,17,20). The smallest absolute Gasteiger partial charge is 0.239 e. The molecule has 0 aromatic heterocycles. The summed E-state index contributed by atoms with van der Waals surface area (Å²) in [5, 5.41) is 3.46. The largest absolute Gasteiger partial charge is 0.368 e. The van der Waals surface area contributed by atoms with Crippen molar-refractivity contribution in [1.29, 1.82) is 0 Å². The van der Waals surface area contributed by atoms with Crippen molar-refractivity contribution in [2.45, 2.75) is 63.5 Å². The molecule has 1 amide bonds. The van der Waals surface area contributed by atoms with E-state index in [2.05, 4.69) is 17.1 Å². The second-order valence-corrected chi connectivity index (χ2v) is 7.01. The molecule has 2 saturated carbocycles. The fraction of sp³-hybridized carbons (Fsp3) is 0.938. The normalized spacial score (nSPS) is 33.6. The maximum atomic E-state index is 12.2. The number of carbonyl (C=O) groups excluding carboxylic acids is 1. The van der Waals surface area contributed by atoms with Crippen molar-refractivity contribution in [3.8, 4) is 0 Å². The molecule has 2 aliphatic carbocycles. The minimum atomic E-state index is -0.471. The number of carbonyl (C=O) groups is 1. The van der Waals surface area contributed by atoms with Crippen molar-refractivity contribution in [2.24, 2.45) is 17.6 Å². The van der Waals surface area contributed by atoms with E-state index >= 15 is 0 Å². The highest BCUT2D eigenvalue weighted by molar-refractivity contribution is 5.86. The van der Waals surface area contributed by atoms with E-state index in [1.807, 2.05) is 0 Å². The van der Waals surface area contributed by atoms with Gasteiger partial charge in [-0.1, -0.05) is 19.8 Å². The minimum absolute atomic E-state index is 0.138. The first-order valence-electron chi connectivity index (χ1n) is 8.46. The molecule has 4 heteroatoms. The molecule has 1 saturated heterocycles. The van der Waals surface area contributed by atoms with Crippen LogP contribution in [-0.2, 0) is 4.79 Å². The van der Waals surface area contributed by atoms with Crippen LogP contribution in [0.15, 0.2) is 0 Å². The number of rotatable bonds is 6. The predicted octanol–water partition coefficient (Wildman–Crippen LogP) is 1.49. The number of fused-ring (bicyclic) bond motifs is 1. The first-order chi connectivity index (χ1) is 9.67. The van der Waals surface area contributed by atoms with Gasteiger partial charge in [-0.2, -0.15) is 0 Å². The van der Waals surface area contributed by atoms with Crippen LogP contribution in [0.3, 0.4) is 0 Å². The average Bonchev–Trinajstić information content (AvgIpc) is 3.21. The van der Waals surface area contributed by atoms with Gasteiger partial charge in [0, 0.05) is 12.6 Å². The lowest BCUT2D eigenvalue weighted by atomic mass is 9.84. The summed E-state index contributed by atoms with van der Waals surface area (Å²) in [4.78, 5) is 14.8. The number of nitrogens with zero attached hydrogens (tertiary/aromatic N) is 1. The highest BCUT2D eigenvalue weighted by Gasteiger charge is 2.52. The summed E-state index contributed by atoms with van der Waals surface area (Å²) in [5.41, 5.74) is 5.35. The fourth-order valence-electron chi connectivity index (χ4n) is 4.61. The third-order valence-corrected chi connectivity index (χ3v) is 5.78. The Morgan fingerprint density at radius 1 is 1.25 bits per heavy atom. The fourth-order valence-corrected chi connectivity index (χ4v) is 4.61. The molecule has 0 bridgehead atoms. The molecule has 4 nitrogen and oxygen atoms in total. The Kier molecular flexibility index (Phi) is 4.04. The zero-order chi connectivity index (χ0) is 14.2. The van der Waals surface area contributed by atoms with Crippen LogP contribution < -0.4 is 11.1 Å². The molecule has 0 aromatic rings. The predicted molar refractivity (Wildman–Crippen MR) is 80.3 cm³/mol. The summed E-state index contributed by atoms with van der Waals surface area (Å²) in [5.74, 6) is 1.19. The molecule has 1 heterocycles. The van der Waals surface area contributed by atoms with Gasteiger partial charge in [-0.05, 0) is 57.0 Å². The Hall–Kier alpha value is -0.610. The number of amides is 1. The summed E-state index contributed by atoms with van der Waals surface area (Å²) in [7, 11) is 0. The van der Waals surface area contributed by atoms with E-state index in [1.54, 1.807) is 0 Å². The molecule has 1 aliphatic heterocycles. The summed E-state index contributed by atoms with van der Waals surface area (Å²) >= 11 is 0. The molecule has 3 unspecified atom stereocenters. The minimum Gasteiger partial charge on any atom is -0.368 e. The van der Waals surface area contributed by atoms with E-state index < -0.39 is 5.54 Å². The van der Waals surface area contributed by atoms with Crippen molar-refractivity contribution >= 4 is 5.91 Å². The van der Waals surface area contributed by atoms with Crippen LogP contribution in [0, 0.1) is 11.8 Å². The highest BCUT2D eigenvalue weighted by atomic mass is 16.1. The van der Waals surface area contributed by atoms with Crippen molar-refractivity contribution in [3.05, 3.63) is 0 Å². The van der Waals surface area contributed by atoms with Crippen LogP contribution in [-0.4, -0.2) is 42.0 Å². The van der Waals surface area contributed by atoms with Gasteiger partial charge in [0.2, 0.25) is 5.91 Å². The summed E-state index contributed by atoms with van der Waals surface area (Å²) in [6.07, 6.45) is 9.06. The van der Waals surface area contributed by atoms with E-state index in [1.165, 1.54) is 32.1 Å². The van der Waals surface area contributed by atoms with Gasteiger partial charge in [0.1, 0.15) is 5.54 Å². The number of likely N-dealkylation sites (N-methyl/N-ethyl adjacent to an activating group) is 1. The molecule has 0 spiro atoms. The molecular weight excluding hydrogens is 250 g/mol. The first kappa shape index (κ1) is 14.3. The van der Waals surface area contributed by atoms with Gasteiger partial charge in [0.05, 0.1) is 0 Å². The van der Waals surface area contributed by atoms with E-state index in [4.69, 9.17) is 5.73 Å². The van der Waals surface area contributed by atoms with Crippen LogP contribution in [0.25, 0.3) is 0 Å². The van der Waals surface area contributed by atoms with Crippen molar-refractivity contribution in [2.75, 3.05) is 19.6 Å². The average molecular weight is 279 g/mol. The number of likely N-dealkylation sites (tertiary alicyclic amines) is 1. The number of nitrogens with one attached hydrogen (secondary N) is 1. The SMILES string of the molecule is CCNC(CN1CCC2CCCCC21)(C(N)=O)C1CC1. The number of hydrogen-bond acceptors (Lipinski definition) is 3. The summed E-state index contributed by atoms with van der Waals surface area (Å²) in [6, 6.07) is 0.708. The van der Waals surface area contributed by atoms with Crippen LogP contribution in [0.1, 0.15) is 51.9 Å². The van der Waals surface area contributed by atoms with Crippen LogP contribution in [0.5, 0.6) is 0 Å². The number of hydrogen-bond donors (Lipinski definition) is 2. The Labute approximate surface area is 122 Å². The molecule has 3 rings (SSSR count). The lowest BCUT2D eigenvalue weighted by Crippen LogP contribution is -2.63. The zero-order valence-electron chi connectivity index (χ0n) is 12.7. The van der Waals surface area contributed by atoms with Crippen LogP contribution >= 0.6 is 0 Å². The molecule has 114 valence electrons. The third kappa shape index (κ3) is 2.48. The van der Waals surface area contributed by atoms with E-state index in [0.717, 1.165) is 38.4 Å². The highest BCUT2D eigenvalue weighted by Crippen LogP contribution is 2.43. The quantitative estimate of drug-likeness (QED) is 0.774. The number of nitrogens with two attached hydrogens (primary N) is 1. The van der Waals surface area contributed by atoms with Gasteiger partial charge < -0.3 is 11.1 Å². The summed E-state index contributed by atoms with van der Waals surface area (Å²) < 4.78 is 0. The Morgan fingerprint density at radius 2 is 2.00 bits per heavy atom. The molecule has 3 fully saturated rings. The second-order valence-electron chi connectivity index (χ2n) is 7.01. The van der Waals surface area contributed by atoms with Gasteiger partial charge >= 0.3 is 0 Å². The molecule has 3 atom stereocenters. The van der Waals surface area contributed by atoms with Crippen molar-refractivity contribution in [1.82, 2.24) is 10.2 Å². The van der Waals surface area contributed by atoms with E-state index in [-0.39, 0.29) is 5.91 Å². The first-order valence-corrected chi connectivity index (χ1v) is 8.46. The molecule has 0 radical (unpaired) electrons. The van der Waals surface area contributed by atoms with E-state index in [0.29, 0.717) is 12.0 Å². The lowest BCUT2D eigenvalue weighted by molar-refractivity contribution is -0.126. The Balaban J connectivity index is 1.74. The van der Waals surface area contributed by atoms with Crippen LogP contribution in [0.2, 0.25) is 0 Å². The Bertz CT molecular complexity index is 369. The van der Waals surface area contributed by atoms with Gasteiger partial charge in [0.15, 0.2) is 0 Å².